The molecule has 1 amide bonds. The third-order valence-electron chi connectivity index (χ3n) is 2.74. The number of carbonyl (C=O) groups excluding carboxylic acids is 1. The van der Waals surface area contributed by atoms with Gasteiger partial charge in [-0.25, -0.2) is 0 Å². The highest BCUT2D eigenvalue weighted by molar-refractivity contribution is 5.95. The average Bonchev–Trinajstić information content (AvgIpc) is 2.45. The Morgan fingerprint density at radius 2 is 2.14 bits per heavy atom. The maximum atomic E-state index is 11.5. The van der Waals surface area contributed by atoms with Crippen molar-refractivity contribution in [1.29, 1.82) is 0 Å². The largest absolute Gasteiger partial charge is 0.392 e. The first-order valence-corrected chi connectivity index (χ1v) is 6.59. The molecule has 0 aromatic heterocycles. The van der Waals surface area contributed by atoms with Crippen LogP contribution < -0.4 is 16.0 Å². The molecule has 4 N–H and O–H groups in total. The number of nitro groups is 1. The molecule has 0 aliphatic heterocycles. The van der Waals surface area contributed by atoms with Gasteiger partial charge in [0.15, 0.2) is 0 Å². The molecule has 0 heterocycles. The van der Waals surface area contributed by atoms with E-state index in [0.717, 1.165) is 0 Å². The number of amides is 1. The summed E-state index contributed by atoms with van der Waals surface area (Å²) in [5, 5.41) is 28.5. The van der Waals surface area contributed by atoms with Crippen molar-refractivity contribution in [3.63, 3.8) is 0 Å². The number of rotatable bonds is 8. The average molecular weight is 296 g/mol. The first kappa shape index (κ1) is 16.9. The second-order valence-corrected chi connectivity index (χ2v) is 4.55. The molecule has 1 unspecified atom stereocenters. The zero-order chi connectivity index (χ0) is 15.8. The third kappa shape index (κ3) is 5.36. The smallest absolute Gasteiger partial charge is 0.293 e. The molecule has 1 aromatic rings. The second-order valence-electron chi connectivity index (χ2n) is 4.55. The van der Waals surface area contributed by atoms with Crippen LogP contribution in [0.2, 0.25) is 0 Å². The minimum Gasteiger partial charge on any atom is -0.392 e. The van der Waals surface area contributed by atoms with Gasteiger partial charge in [0.25, 0.3) is 11.6 Å². The van der Waals surface area contributed by atoms with E-state index in [-0.39, 0.29) is 17.2 Å². The Kier molecular flexibility index (Phi) is 6.57. The Morgan fingerprint density at radius 1 is 1.43 bits per heavy atom. The maximum absolute atomic E-state index is 11.5. The topological polar surface area (TPSA) is 117 Å². The molecule has 0 saturated heterocycles. The van der Waals surface area contributed by atoms with Crippen molar-refractivity contribution in [1.82, 2.24) is 10.6 Å². The minimum absolute atomic E-state index is 0.147. The molecular weight excluding hydrogens is 276 g/mol. The maximum Gasteiger partial charge on any atom is 0.293 e. The lowest BCUT2D eigenvalue weighted by Gasteiger charge is -2.10. The van der Waals surface area contributed by atoms with E-state index < -0.39 is 11.0 Å². The van der Waals surface area contributed by atoms with Gasteiger partial charge >= 0.3 is 0 Å². The van der Waals surface area contributed by atoms with E-state index in [1.807, 2.05) is 0 Å². The molecule has 0 aliphatic rings. The molecule has 1 rings (SSSR count). The van der Waals surface area contributed by atoms with Crippen LogP contribution in [0.3, 0.4) is 0 Å². The molecule has 0 fully saturated rings. The number of hydrogen-bond acceptors (Lipinski definition) is 6. The highest BCUT2D eigenvalue weighted by Crippen LogP contribution is 2.25. The van der Waals surface area contributed by atoms with Crippen molar-refractivity contribution < 1.29 is 14.8 Å². The highest BCUT2D eigenvalue weighted by Gasteiger charge is 2.16. The molecule has 0 radical (unpaired) electrons. The summed E-state index contributed by atoms with van der Waals surface area (Å²) in [5.41, 5.74) is 0.445. The zero-order valence-electron chi connectivity index (χ0n) is 12.0. The van der Waals surface area contributed by atoms with Gasteiger partial charge in [-0.3, -0.25) is 14.9 Å². The van der Waals surface area contributed by atoms with E-state index in [2.05, 4.69) is 16.0 Å². The number of carbonyl (C=O) groups is 1. The van der Waals surface area contributed by atoms with Gasteiger partial charge in [-0.2, -0.15) is 0 Å². The normalized spacial score (nSPS) is 11.8. The summed E-state index contributed by atoms with van der Waals surface area (Å²) < 4.78 is 0. The van der Waals surface area contributed by atoms with Gasteiger partial charge in [-0.15, -0.1) is 0 Å². The molecule has 0 saturated carbocycles. The highest BCUT2D eigenvalue weighted by atomic mass is 16.6. The number of aliphatic hydroxyl groups excluding tert-OH is 1. The quantitative estimate of drug-likeness (QED) is 0.312. The fraction of sp³-hybridized carbons (Fsp3) is 0.462. The lowest BCUT2D eigenvalue weighted by Crippen LogP contribution is -2.29. The molecule has 0 aliphatic carbocycles. The van der Waals surface area contributed by atoms with Crippen molar-refractivity contribution in [2.24, 2.45) is 0 Å². The van der Waals surface area contributed by atoms with Crippen LogP contribution >= 0.6 is 0 Å². The fourth-order valence-electron chi connectivity index (χ4n) is 1.71. The molecular formula is C13H20N4O4. The number of nitrogens with zero attached hydrogens (tertiary/aromatic N) is 1. The number of aliphatic hydroxyl groups is 1. The molecule has 0 bridgehead atoms. The minimum atomic E-state index is -0.530. The Morgan fingerprint density at radius 3 is 2.71 bits per heavy atom. The van der Waals surface area contributed by atoms with Crippen molar-refractivity contribution >= 4 is 17.3 Å². The van der Waals surface area contributed by atoms with Crippen LogP contribution in [0.25, 0.3) is 0 Å². The van der Waals surface area contributed by atoms with Gasteiger partial charge in [0.05, 0.1) is 11.0 Å². The number of hydrogen-bond donors (Lipinski definition) is 4. The van der Waals surface area contributed by atoms with Gasteiger partial charge in [-0.1, -0.05) is 0 Å². The summed E-state index contributed by atoms with van der Waals surface area (Å²) in [7, 11) is 1.47. The standard InChI is InChI=1S/C13H20N4O4/c1-9(18)8-15-5-6-16-11-4-3-10(13(19)14-2)7-12(11)17(20)21/h3-4,7,9,15-16,18H,5-6,8H2,1-2H3,(H,14,19). The van der Waals surface area contributed by atoms with Crippen LogP contribution in [0, 0.1) is 10.1 Å². The van der Waals surface area contributed by atoms with Gasteiger partial charge in [-0.05, 0) is 19.1 Å². The van der Waals surface area contributed by atoms with Crippen LogP contribution in [0.5, 0.6) is 0 Å². The third-order valence-corrected chi connectivity index (χ3v) is 2.74. The first-order chi connectivity index (χ1) is 9.95. The predicted octanol–water partition coefficient (Wildman–Crippen LogP) is 0.337. The van der Waals surface area contributed by atoms with Gasteiger partial charge in [0.1, 0.15) is 5.69 Å². The summed E-state index contributed by atoms with van der Waals surface area (Å²) in [6, 6.07) is 4.28. The first-order valence-electron chi connectivity index (χ1n) is 6.59. The molecule has 1 aromatic carbocycles. The van der Waals surface area contributed by atoms with Crippen LogP contribution in [0.1, 0.15) is 17.3 Å². The molecule has 8 heteroatoms. The van der Waals surface area contributed by atoms with E-state index in [4.69, 9.17) is 5.11 Å². The summed E-state index contributed by atoms with van der Waals surface area (Å²) in [6.45, 7) is 3.15. The fourth-order valence-corrected chi connectivity index (χ4v) is 1.71. The molecule has 1 atom stereocenters. The molecule has 8 nitrogen and oxygen atoms in total. The van der Waals surface area contributed by atoms with E-state index in [0.29, 0.717) is 25.3 Å². The van der Waals surface area contributed by atoms with E-state index in [1.165, 1.54) is 25.2 Å². The molecule has 0 spiro atoms. The summed E-state index contributed by atoms with van der Waals surface area (Å²) in [4.78, 5) is 22.0. The summed E-state index contributed by atoms with van der Waals surface area (Å²) in [6.07, 6.45) is -0.439. The van der Waals surface area contributed by atoms with Crippen LogP contribution in [-0.2, 0) is 0 Å². The lowest BCUT2D eigenvalue weighted by atomic mass is 10.1. The molecule has 21 heavy (non-hydrogen) atoms. The van der Waals surface area contributed by atoms with Crippen LogP contribution in [0.15, 0.2) is 18.2 Å². The Hall–Kier alpha value is -2.19. The number of anilines is 1. The predicted molar refractivity (Wildman–Crippen MR) is 79.5 cm³/mol. The van der Waals surface area contributed by atoms with E-state index >= 15 is 0 Å². The Labute approximate surface area is 122 Å². The van der Waals surface area contributed by atoms with Gasteiger partial charge < -0.3 is 21.1 Å². The zero-order valence-corrected chi connectivity index (χ0v) is 12.0. The number of benzene rings is 1. The van der Waals surface area contributed by atoms with E-state index in [1.54, 1.807) is 6.92 Å². The van der Waals surface area contributed by atoms with Crippen molar-refractivity contribution in [3.05, 3.63) is 33.9 Å². The van der Waals surface area contributed by atoms with Crippen molar-refractivity contribution in [2.45, 2.75) is 13.0 Å². The van der Waals surface area contributed by atoms with Crippen molar-refractivity contribution in [2.75, 3.05) is 32.0 Å². The van der Waals surface area contributed by atoms with Gasteiger partial charge in [0, 0.05) is 38.3 Å². The van der Waals surface area contributed by atoms with E-state index in [9.17, 15) is 14.9 Å². The Balaban J connectivity index is 2.69. The van der Waals surface area contributed by atoms with Crippen LogP contribution in [0.4, 0.5) is 11.4 Å². The van der Waals surface area contributed by atoms with Crippen LogP contribution in [-0.4, -0.2) is 48.7 Å². The monoisotopic (exact) mass is 296 g/mol. The SMILES string of the molecule is CNC(=O)c1ccc(NCCNCC(C)O)c([N+](=O)[O-])c1. The Bertz CT molecular complexity index is 505. The van der Waals surface area contributed by atoms with Crippen molar-refractivity contribution in [3.8, 4) is 0 Å². The lowest BCUT2D eigenvalue weighted by molar-refractivity contribution is -0.384. The second kappa shape index (κ2) is 8.18. The summed E-state index contributed by atoms with van der Waals surface area (Å²) >= 11 is 0. The number of nitro benzene ring substituents is 1. The number of nitrogens with one attached hydrogen (secondary N) is 3. The summed E-state index contributed by atoms with van der Waals surface area (Å²) in [5.74, 6) is -0.372. The van der Waals surface area contributed by atoms with Gasteiger partial charge in [0.2, 0.25) is 0 Å². The molecule has 116 valence electrons.